The van der Waals surface area contributed by atoms with Crippen molar-refractivity contribution >= 4 is 21.2 Å². The maximum Gasteiger partial charge on any atom is 0.293 e. The van der Waals surface area contributed by atoms with Crippen molar-refractivity contribution in [2.45, 2.75) is 17.7 Å². The van der Waals surface area contributed by atoms with Gasteiger partial charge in [0, 0.05) is 38.7 Å². The second-order valence-corrected chi connectivity index (χ2v) is 8.52. The monoisotopic (exact) mass is 364 g/mol. The van der Waals surface area contributed by atoms with Crippen molar-refractivity contribution in [1.29, 1.82) is 0 Å². The van der Waals surface area contributed by atoms with Crippen LogP contribution in [0.5, 0.6) is 0 Å². The van der Waals surface area contributed by atoms with Crippen LogP contribution < -0.4 is 4.90 Å². The van der Waals surface area contributed by atoms with E-state index in [4.69, 9.17) is 0 Å². The molecule has 1 aliphatic rings. The highest BCUT2D eigenvalue weighted by Crippen LogP contribution is 2.34. The molecule has 0 bridgehead atoms. The lowest BCUT2D eigenvalue weighted by Crippen LogP contribution is -2.21. The van der Waals surface area contributed by atoms with E-state index in [2.05, 4.69) is 5.10 Å². The minimum absolute atomic E-state index is 0.0333. The van der Waals surface area contributed by atoms with Gasteiger partial charge in [0.05, 0.1) is 16.0 Å². The van der Waals surface area contributed by atoms with Gasteiger partial charge in [0.2, 0.25) is 0 Å². The van der Waals surface area contributed by atoms with Gasteiger partial charge in [-0.25, -0.2) is 8.42 Å². The van der Waals surface area contributed by atoms with Crippen LogP contribution in [0.4, 0.5) is 11.4 Å². The molecule has 8 nitrogen and oxygen atoms in total. The zero-order valence-corrected chi connectivity index (χ0v) is 14.9. The number of benzene rings is 1. The maximum absolute atomic E-state index is 11.7. The van der Waals surface area contributed by atoms with E-state index < -0.39 is 14.8 Å². The zero-order valence-electron chi connectivity index (χ0n) is 14.1. The Morgan fingerprint density at radius 1 is 1.40 bits per heavy atom. The van der Waals surface area contributed by atoms with Crippen molar-refractivity contribution in [2.24, 2.45) is 13.0 Å². The molecule has 1 fully saturated rings. The molecule has 9 heteroatoms. The first-order valence-electron chi connectivity index (χ1n) is 7.95. The summed E-state index contributed by atoms with van der Waals surface area (Å²) < 4.78 is 25.1. The molecule has 0 amide bonds. The van der Waals surface area contributed by atoms with Crippen LogP contribution in [0.2, 0.25) is 0 Å². The normalized spacial score (nSPS) is 17.8. The summed E-state index contributed by atoms with van der Waals surface area (Å²) in [5.74, 6) is 0.387. The minimum Gasteiger partial charge on any atom is -0.366 e. The van der Waals surface area contributed by atoms with E-state index in [1.807, 2.05) is 24.3 Å². The number of hydrogen-bond acceptors (Lipinski definition) is 6. The summed E-state index contributed by atoms with van der Waals surface area (Å²) in [7, 11) is -1.61. The third kappa shape index (κ3) is 3.81. The number of nitro benzene ring substituents is 1. The van der Waals surface area contributed by atoms with E-state index in [-0.39, 0.29) is 10.6 Å². The van der Waals surface area contributed by atoms with Crippen LogP contribution in [0.3, 0.4) is 0 Å². The molecular formula is C16H20N4O4S. The van der Waals surface area contributed by atoms with Gasteiger partial charge >= 0.3 is 0 Å². The van der Waals surface area contributed by atoms with Crippen LogP contribution >= 0.6 is 0 Å². The Hall–Kier alpha value is -2.42. The quantitative estimate of drug-likeness (QED) is 0.593. The Bertz CT molecular complexity index is 907. The standard InChI is InChI=1S/C16H20N4O4S/c1-18-10-13(9-17-18)7-12-5-6-19(11-12)15-4-3-14(25(2,23)24)8-16(15)20(21)22/h3-4,8-10,12H,5-7,11H2,1-2H3. The Labute approximate surface area is 146 Å². The van der Waals surface area contributed by atoms with Gasteiger partial charge in [-0.1, -0.05) is 0 Å². The highest BCUT2D eigenvalue weighted by Gasteiger charge is 2.29. The van der Waals surface area contributed by atoms with Gasteiger partial charge in [0.15, 0.2) is 9.84 Å². The van der Waals surface area contributed by atoms with Crippen molar-refractivity contribution in [2.75, 3.05) is 24.2 Å². The Morgan fingerprint density at radius 2 is 2.16 bits per heavy atom. The van der Waals surface area contributed by atoms with E-state index in [1.165, 1.54) is 6.07 Å². The lowest BCUT2D eigenvalue weighted by atomic mass is 10.0. The molecule has 25 heavy (non-hydrogen) atoms. The highest BCUT2D eigenvalue weighted by atomic mass is 32.2. The lowest BCUT2D eigenvalue weighted by molar-refractivity contribution is -0.384. The summed E-state index contributed by atoms with van der Waals surface area (Å²) in [4.78, 5) is 12.8. The van der Waals surface area contributed by atoms with Crippen molar-refractivity contribution in [3.63, 3.8) is 0 Å². The Morgan fingerprint density at radius 3 is 2.76 bits per heavy atom. The average Bonchev–Trinajstić information content (AvgIpc) is 3.15. The molecule has 0 radical (unpaired) electrons. The first-order chi connectivity index (χ1) is 11.7. The summed E-state index contributed by atoms with van der Waals surface area (Å²) in [5, 5.41) is 15.6. The predicted octanol–water partition coefficient (Wildman–Crippen LogP) is 1.80. The summed E-state index contributed by atoms with van der Waals surface area (Å²) in [6.45, 7) is 1.41. The number of aryl methyl sites for hydroxylation is 1. The van der Waals surface area contributed by atoms with Crippen molar-refractivity contribution in [3.8, 4) is 0 Å². The number of aromatic nitrogens is 2. The Kier molecular flexibility index (Phi) is 4.51. The lowest BCUT2D eigenvalue weighted by Gasteiger charge is -2.19. The number of nitro groups is 1. The van der Waals surface area contributed by atoms with E-state index in [9.17, 15) is 18.5 Å². The highest BCUT2D eigenvalue weighted by molar-refractivity contribution is 7.90. The van der Waals surface area contributed by atoms with Gasteiger partial charge in [-0.15, -0.1) is 0 Å². The van der Waals surface area contributed by atoms with Gasteiger partial charge in [-0.2, -0.15) is 5.10 Å². The van der Waals surface area contributed by atoms with Crippen LogP contribution in [-0.4, -0.2) is 42.5 Å². The summed E-state index contributed by atoms with van der Waals surface area (Å²) in [5.41, 5.74) is 1.47. The molecule has 1 aromatic carbocycles. The number of anilines is 1. The average molecular weight is 364 g/mol. The number of sulfone groups is 1. The first kappa shape index (κ1) is 17.4. The molecule has 1 atom stereocenters. The third-order valence-corrected chi connectivity index (χ3v) is 5.59. The topological polar surface area (TPSA) is 98.3 Å². The third-order valence-electron chi connectivity index (χ3n) is 4.48. The number of rotatable bonds is 5. The zero-order chi connectivity index (χ0) is 18.2. The fourth-order valence-corrected chi connectivity index (χ4v) is 3.92. The predicted molar refractivity (Wildman–Crippen MR) is 93.4 cm³/mol. The molecule has 1 unspecified atom stereocenters. The molecule has 1 aromatic heterocycles. The summed E-state index contributed by atoms with van der Waals surface area (Å²) >= 11 is 0. The van der Waals surface area contributed by atoms with Gasteiger partial charge < -0.3 is 4.90 Å². The van der Waals surface area contributed by atoms with E-state index >= 15 is 0 Å². The van der Waals surface area contributed by atoms with Gasteiger partial charge in [-0.3, -0.25) is 14.8 Å². The molecule has 1 saturated heterocycles. The Balaban J connectivity index is 1.81. The van der Waals surface area contributed by atoms with E-state index in [0.717, 1.165) is 30.7 Å². The molecule has 1 aliphatic heterocycles. The van der Waals surface area contributed by atoms with Crippen molar-refractivity contribution in [1.82, 2.24) is 9.78 Å². The number of hydrogen-bond donors (Lipinski definition) is 0. The van der Waals surface area contributed by atoms with E-state index in [1.54, 1.807) is 10.7 Å². The molecule has 134 valence electrons. The summed E-state index contributed by atoms with van der Waals surface area (Å²) in [6, 6.07) is 4.13. The number of nitrogens with zero attached hydrogens (tertiary/aromatic N) is 4. The van der Waals surface area contributed by atoms with Crippen LogP contribution in [-0.2, 0) is 23.3 Å². The second kappa shape index (κ2) is 6.47. The molecule has 2 heterocycles. The van der Waals surface area contributed by atoms with Crippen LogP contribution in [0.1, 0.15) is 12.0 Å². The molecule has 0 saturated carbocycles. The van der Waals surface area contributed by atoms with E-state index in [0.29, 0.717) is 24.7 Å². The summed E-state index contributed by atoms with van der Waals surface area (Å²) in [6.07, 6.45) is 6.67. The molecular weight excluding hydrogens is 344 g/mol. The molecule has 0 N–H and O–H groups in total. The molecule has 2 aromatic rings. The molecule has 3 rings (SSSR count). The van der Waals surface area contributed by atoms with Crippen LogP contribution in [0, 0.1) is 16.0 Å². The van der Waals surface area contributed by atoms with Crippen LogP contribution in [0.15, 0.2) is 35.5 Å². The second-order valence-electron chi connectivity index (χ2n) is 6.51. The fraction of sp³-hybridized carbons (Fsp3) is 0.438. The van der Waals surface area contributed by atoms with Gasteiger partial charge in [-0.05, 0) is 36.5 Å². The minimum atomic E-state index is -3.48. The van der Waals surface area contributed by atoms with Crippen molar-refractivity contribution in [3.05, 3.63) is 46.3 Å². The SMILES string of the molecule is Cn1cc(CC2CCN(c3ccc(S(C)(=O)=O)cc3[N+](=O)[O-])C2)cn1. The first-order valence-corrected chi connectivity index (χ1v) is 9.84. The molecule has 0 spiro atoms. The molecule has 0 aliphatic carbocycles. The smallest absolute Gasteiger partial charge is 0.293 e. The fourth-order valence-electron chi connectivity index (χ4n) is 3.28. The largest absolute Gasteiger partial charge is 0.366 e. The van der Waals surface area contributed by atoms with Gasteiger partial charge in [0.1, 0.15) is 5.69 Å². The van der Waals surface area contributed by atoms with Crippen molar-refractivity contribution < 1.29 is 13.3 Å². The van der Waals surface area contributed by atoms with Gasteiger partial charge in [0.25, 0.3) is 5.69 Å². The maximum atomic E-state index is 11.7. The van der Waals surface area contributed by atoms with Crippen LogP contribution in [0.25, 0.3) is 0 Å².